The third kappa shape index (κ3) is 5.85. The number of piperazine rings is 1. The minimum absolute atomic E-state index is 0.0889. The van der Waals surface area contributed by atoms with Crippen LogP contribution in [0.15, 0.2) is 66.7 Å². The van der Waals surface area contributed by atoms with Gasteiger partial charge in [-0.15, -0.1) is 0 Å². The van der Waals surface area contributed by atoms with Crippen LogP contribution in [0.1, 0.15) is 34.6 Å². The van der Waals surface area contributed by atoms with E-state index in [1.807, 2.05) is 38.1 Å². The number of ether oxygens (including phenoxy) is 1. The summed E-state index contributed by atoms with van der Waals surface area (Å²) < 4.78 is 19.1. The second kappa shape index (κ2) is 11.8. The Bertz CT molecular complexity index is 1250. The molecule has 8 heteroatoms. The van der Waals surface area contributed by atoms with E-state index < -0.39 is 11.7 Å². The zero-order valence-corrected chi connectivity index (χ0v) is 21.5. The first-order valence-corrected chi connectivity index (χ1v) is 12.6. The van der Waals surface area contributed by atoms with Crippen LogP contribution < -0.4 is 19.9 Å². The Labute approximate surface area is 217 Å². The fourth-order valence-electron chi connectivity index (χ4n) is 4.65. The first-order chi connectivity index (χ1) is 17.9. The first kappa shape index (κ1) is 26.0. The van der Waals surface area contributed by atoms with E-state index in [0.29, 0.717) is 24.3 Å². The third-order valence-corrected chi connectivity index (χ3v) is 6.67. The largest absolute Gasteiger partial charge is 0.495 e. The minimum atomic E-state index is -0.479. The summed E-state index contributed by atoms with van der Waals surface area (Å²) in [5.74, 6) is -0.160. The predicted molar refractivity (Wildman–Crippen MR) is 145 cm³/mol. The quantitative estimate of drug-likeness (QED) is 0.473. The Morgan fingerprint density at radius 1 is 0.892 bits per heavy atom. The van der Waals surface area contributed by atoms with Gasteiger partial charge < -0.3 is 24.8 Å². The van der Waals surface area contributed by atoms with E-state index in [-0.39, 0.29) is 11.5 Å². The molecule has 1 heterocycles. The standard InChI is InChI=1S/C29H33FN4O3/c1-4-32(5-2)29(36)24-20-23(31-28(35)21-9-8-10-22(30)19-21)13-14-25(24)33-15-17-34(18-16-33)26-11-6-7-12-27(26)37-3/h6-14,19-20H,4-5,15-18H2,1-3H3,(H,31,35). The van der Waals surface area contributed by atoms with Crippen molar-refractivity contribution >= 4 is 28.9 Å². The summed E-state index contributed by atoms with van der Waals surface area (Å²) in [4.78, 5) is 32.5. The first-order valence-electron chi connectivity index (χ1n) is 12.6. The van der Waals surface area contributed by atoms with Gasteiger partial charge in [0.15, 0.2) is 0 Å². The summed E-state index contributed by atoms with van der Waals surface area (Å²) in [5, 5.41) is 2.81. The van der Waals surface area contributed by atoms with Crippen LogP contribution in [-0.4, -0.2) is 63.1 Å². The van der Waals surface area contributed by atoms with Gasteiger partial charge in [0.2, 0.25) is 0 Å². The Kier molecular flexibility index (Phi) is 8.28. The second-order valence-electron chi connectivity index (χ2n) is 8.82. The summed E-state index contributed by atoms with van der Waals surface area (Å²) in [6.07, 6.45) is 0. The lowest BCUT2D eigenvalue weighted by Crippen LogP contribution is -2.47. The van der Waals surface area contributed by atoms with Gasteiger partial charge in [0.1, 0.15) is 11.6 Å². The van der Waals surface area contributed by atoms with E-state index in [1.54, 1.807) is 30.2 Å². The van der Waals surface area contributed by atoms with Gasteiger partial charge in [0.25, 0.3) is 11.8 Å². The molecule has 0 bridgehead atoms. The van der Waals surface area contributed by atoms with Crippen LogP contribution >= 0.6 is 0 Å². The van der Waals surface area contributed by atoms with Gasteiger partial charge in [0, 0.05) is 56.2 Å². The SMILES string of the molecule is CCN(CC)C(=O)c1cc(NC(=O)c2cccc(F)c2)ccc1N1CCN(c2ccccc2OC)CC1. The smallest absolute Gasteiger partial charge is 0.256 e. The maximum Gasteiger partial charge on any atom is 0.256 e. The van der Waals surface area contributed by atoms with Crippen molar-refractivity contribution in [3.05, 3.63) is 83.7 Å². The molecule has 1 aliphatic heterocycles. The van der Waals surface area contributed by atoms with Crippen LogP contribution in [0, 0.1) is 5.82 Å². The monoisotopic (exact) mass is 504 g/mol. The lowest BCUT2D eigenvalue weighted by Gasteiger charge is -2.38. The highest BCUT2D eigenvalue weighted by molar-refractivity contribution is 6.06. The van der Waals surface area contributed by atoms with Crippen molar-refractivity contribution in [2.75, 3.05) is 61.5 Å². The van der Waals surface area contributed by atoms with Crippen LogP contribution in [0.25, 0.3) is 0 Å². The molecule has 37 heavy (non-hydrogen) atoms. The fraction of sp³-hybridized carbons (Fsp3) is 0.310. The maximum atomic E-state index is 13.6. The number of carbonyl (C=O) groups excluding carboxylic acids is 2. The number of amides is 2. The molecule has 7 nitrogen and oxygen atoms in total. The molecule has 3 aromatic carbocycles. The van der Waals surface area contributed by atoms with E-state index in [0.717, 1.165) is 43.3 Å². The number of hydrogen-bond donors (Lipinski definition) is 1. The number of rotatable bonds is 8. The van der Waals surface area contributed by atoms with E-state index in [4.69, 9.17) is 4.74 Å². The molecule has 3 aromatic rings. The molecule has 2 amide bonds. The average Bonchev–Trinajstić information content (AvgIpc) is 2.93. The molecule has 1 N–H and O–H groups in total. The van der Waals surface area contributed by atoms with Crippen LogP contribution in [0.3, 0.4) is 0 Å². The van der Waals surface area contributed by atoms with Crippen molar-refractivity contribution < 1.29 is 18.7 Å². The molecule has 1 saturated heterocycles. The van der Waals surface area contributed by atoms with Gasteiger partial charge in [-0.1, -0.05) is 18.2 Å². The number of nitrogens with zero attached hydrogens (tertiary/aromatic N) is 3. The summed E-state index contributed by atoms with van der Waals surface area (Å²) in [7, 11) is 1.68. The molecule has 0 aliphatic carbocycles. The normalized spacial score (nSPS) is 13.3. The molecule has 0 aromatic heterocycles. The van der Waals surface area contributed by atoms with Crippen molar-refractivity contribution in [2.24, 2.45) is 0 Å². The molecule has 0 radical (unpaired) electrons. The number of halogens is 1. The second-order valence-corrected chi connectivity index (χ2v) is 8.82. The molecular weight excluding hydrogens is 471 g/mol. The summed E-state index contributed by atoms with van der Waals surface area (Å²) >= 11 is 0. The third-order valence-electron chi connectivity index (χ3n) is 6.67. The molecule has 194 valence electrons. The highest BCUT2D eigenvalue weighted by atomic mass is 19.1. The molecule has 4 rings (SSSR count). The zero-order valence-electron chi connectivity index (χ0n) is 21.5. The van der Waals surface area contributed by atoms with Gasteiger partial charge >= 0.3 is 0 Å². The lowest BCUT2D eigenvalue weighted by molar-refractivity contribution is 0.0773. The zero-order chi connectivity index (χ0) is 26.4. The van der Waals surface area contributed by atoms with Crippen LogP contribution in [0.4, 0.5) is 21.5 Å². The molecule has 0 spiro atoms. The highest BCUT2D eigenvalue weighted by Gasteiger charge is 2.25. The van der Waals surface area contributed by atoms with Crippen molar-refractivity contribution in [3.63, 3.8) is 0 Å². The maximum absolute atomic E-state index is 13.6. The van der Waals surface area contributed by atoms with E-state index in [9.17, 15) is 14.0 Å². The predicted octanol–water partition coefficient (Wildman–Crippen LogP) is 4.90. The number of methoxy groups -OCH3 is 1. The fourth-order valence-corrected chi connectivity index (χ4v) is 4.65. The van der Waals surface area contributed by atoms with Crippen molar-refractivity contribution in [1.29, 1.82) is 0 Å². The van der Waals surface area contributed by atoms with Crippen molar-refractivity contribution in [3.8, 4) is 5.75 Å². The Morgan fingerprint density at radius 3 is 2.22 bits per heavy atom. The summed E-state index contributed by atoms with van der Waals surface area (Å²) in [5.41, 5.74) is 3.13. The van der Waals surface area contributed by atoms with Crippen molar-refractivity contribution in [2.45, 2.75) is 13.8 Å². The minimum Gasteiger partial charge on any atom is -0.495 e. The molecule has 0 saturated carbocycles. The average molecular weight is 505 g/mol. The van der Waals surface area contributed by atoms with Crippen LogP contribution in [-0.2, 0) is 0 Å². The molecule has 0 atom stereocenters. The Morgan fingerprint density at radius 2 is 1.57 bits per heavy atom. The Balaban J connectivity index is 1.58. The topological polar surface area (TPSA) is 65.1 Å². The highest BCUT2D eigenvalue weighted by Crippen LogP contribution is 2.31. The number of para-hydroxylation sites is 2. The molecule has 1 aliphatic rings. The molecule has 1 fully saturated rings. The van der Waals surface area contributed by atoms with Gasteiger partial charge in [-0.25, -0.2) is 4.39 Å². The van der Waals surface area contributed by atoms with Gasteiger partial charge in [-0.3, -0.25) is 9.59 Å². The van der Waals surface area contributed by atoms with E-state index >= 15 is 0 Å². The van der Waals surface area contributed by atoms with Crippen LogP contribution in [0.2, 0.25) is 0 Å². The number of nitrogens with one attached hydrogen (secondary N) is 1. The van der Waals surface area contributed by atoms with Crippen molar-refractivity contribution in [1.82, 2.24) is 4.90 Å². The molecule has 0 unspecified atom stereocenters. The lowest BCUT2D eigenvalue weighted by atomic mass is 10.1. The Hall–Kier alpha value is -4.07. The molecular formula is C29H33FN4O3. The van der Waals surface area contributed by atoms with Crippen LogP contribution in [0.5, 0.6) is 5.75 Å². The van der Waals surface area contributed by atoms with E-state index in [2.05, 4.69) is 21.2 Å². The number of carbonyl (C=O) groups is 2. The van der Waals surface area contributed by atoms with E-state index in [1.165, 1.54) is 18.2 Å². The van der Waals surface area contributed by atoms with Gasteiger partial charge in [0.05, 0.1) is 18.4 Å². The van der Waals surface area contributed by atoms with Gasteiger partial charge in [-0.05, 0) is 62.4 Å². The summed E-state index contributed by atoms with van der Waals surface area (Å²) in [6, 6.07) is 18.9. The number of anilines is 3. The number of hydrogen-bond acceptors (Lipinski definition) is 5. The number of benzene rings is 3. The van der Waals surface area contributed by atoms with Gasteiger partial charge in [-0.2, -0.15) is 0 Å². The summed E-state index contributed by atoms with van der Waals surface area (Å²) in [6.45, 7) is 8.06.